The molecule has 0 fully saturated rings. The van der Waals surface area contributed by atoms with Gasteiger partial charge in [0, 0.05) is 18.2 Å². The maximum Gasteiger partial charge on any atom is 0.416 e. The zero-order valence-electron chi connectivity index (χ0n) is 9.70. The second kappa shape index (κ2) is 5.61. The molecule has 0 aliphatic heterocycles. The topological polar surface area (TPSA) is 70.6 Å². The lowest BCUT2D eigenvalue weighted by molar-refractivity contribution is -0.137. The number of oxime groups is 1. The van der Waals surface area contributed by atoms with Crippen molar-refractivity contribution in [3.05, 3.63) is 29.8 Å². The first-order valence-electron chi connectivity index (χ1n) is 5.23. The van der Waals surface area contributed by atoms with Crippen LogP contribution in [-0.2, 0) is 6.18 Å². The minimum atomic E-state index is -4.37. The van der Waals surface area contributed by atoms with Crippen LogP contribution in [0.5, 0.6) is 0 Å². The van der Waals surface area contributed by atoms with Gasteiger partial charge >= 0.3 is 6.18 Å². The summed E-state index contributed by atoms with van der Waals surface area (Å²) < 4.78 is 37.4. The quantitative estimate of drug-likeness (QED) is 0.338. The number of hydrogen-bond acceptors (Lipinski definition) is 3. The Kier molecular flexibility index (Phi) is 4.41. The second-order valence-corrected chi connectivity index (χ2v) is 3.92. The Morgan fingerprint density at radius 3 is 2.72 bits per heavy atom. The Morgan fingerprint density at radius 1 is 1.50 bits per heavy atom. The molecule has 0 spiro atoms. The standard InChI is InChI=1S/C11H14F3N3O/c1-7(5-10(15)17-18)16-9-4-2-3-8(6-9)11(12,13)14/h2-4,6-7,16,18H,5H2,1H3,(H2,15,17). The van der Waals surface area contributed by atoms with Gasteiger partial charge in [0.15, 0.2) is 0 Å². The molecule has 18 heavy (non-hydrogen) atoms. The van der Waals surface area contributed by atoms with Crippen molar-refractivity contribution in [3.8, 4) is 0 Å². The Morgan fingerprint density at radius 2 is 2.17 bits per heavy atom. The highest BCUT2D eigenvalue weighted by atomic mass is 19.4. The van der Waals surface area contributed by atoms with Crippen LogP contribution in [0.2, 0.25) is 0 Å². The molecule has 1 aromatic rings. The van der Waals surface area contributed by atoms with Crippen molar-refractivity contribution in [1.82, 2.24) is 0 Å². The van der Waals surface area contributed by atoms with Gasteiger partial charge in [-0.05, 0) is 25.1 Å². The number of rotatable bonds is 4. The molecule has 4 N–H and O–H groups in total. The van der Waals surface area contributed by atoms with Gasteiger partial charge in [-0.2, -0.15) is 13.2 Å². The van der Waals surface area contributed by atoms with E-state index in [-0.39, 0.29) is 18.3 Å². The molecule has 0 aromatic heterocycles. The van der Waals surface area contributed by atoms with Crippen molar-refractivity contribution in [2.45, 2.75) is 25.6 Å². The van der Waals surface area contributed by atoms with Gasteiger partial charge < -0.3 is 16.3 Å². The molecule has 0 heterocycles. The number of nitrogens with one attached hydrogen (secondary N) is 1. The lowest BCUT2D eigenvalue weighted by atomic mass is 10.1. The summed E-state index contributed by atoms with van der Waals surface area (Å²) in [5.74, 6) is 0.0157. The highest BCUT2D eigenvalue weighted by Crippen LogP contribution is 2.30. The minimum absolute atomic E-state index is 0.0157. The summed E-state index contributed by atoms with van der Waals surface area (Å²) in [4.78, 5) is 0. The van der Waals surface area contributed by atoms with Crippen LogP contribution in [0, 0.1) is 0 Å². The van der Waals surface area contributed by atoms with E-state index < -0.39 is 11.7 Å². The molecule has 1 aromatic carbocycles. The number of halogens is 3. The van der Waals surface area contributed by atoms with Gasteiger partial charge in [-0.25, -0.2) is 0 Å². The van der Waals surface area contributed by atoms with Crippen molar-refractivity contribution in [3.63, 3.8) is 0 Å². The third-order valence-corrected chi connectivity index (χ3v) is 2.25. The van der Waals surface area contributed by atoms with Crippen LogP contribution < -0.4 is 11.1 Å². The third-order valence-electron chi connectivity index (χ3n) is 2.25. The van der Waals surface area contributed by atoms with Crippen LogP contribution in [0.4, 0.5) is 18.9 Å². The number of hydrogen-bond donors (Lipinski definition) is 3. The van der Waals surface area contributed by atoms with Gasteiger partial charge in [-0.15, -0.1) is 0 Å². The first kappa shape index (κ1) is 14.1. The lowest BCUT2D eigenvalue weighted by Gasteiger charge is -2.15. The highest BCUT2D eigenvalue weighted by molar-refractivity contribution is 5.80. The summed E-state index contributed by atoms with van der Waals surface area (Å²) in [5.41, 5.74) is 4.92. The predicted molar refractivity (Wildman–Crippen MR) is 62.6 cm³/mol. The number of alkyl halides is 3. The maximum absolute atomic E-state index is 12.5. The Bertz CT molecular complexity index is 432. The van der Waals surface area contributed by atoms with Gasteiger partial charge in [0.05, 0.1) is 5.56 Å². The van der Waals surface area contributed by atoms with Crippen LogP contribution in [0.15, 0.2) is 29.4 Å². The van der Waals surface area contributed by atoms with E-state index >= 15 is 0 Å². The predicted octanol–water partition coefficient (Wildman–Crippen LogP) is 2.64. The van der Waals surface area contributed by atoms with E-state index in [1.165, 1.54) is 12.1 Å². The Balaban J connectivity index is 2.74. The molecule has 0 bridgehead atoms. The normalized spacial score (nSPS) is 14.3. The summed E-state index contributed by atoms with van der Waals surface area (Å²) in [7, 11) is 0. The molecule has 0 saturated heterocycles. The summed E-state index contributed by atoms with van der Waals surface area (Å²) in [5, 5.41) is 14.0. The fourth-order valence-electron chi connectivity index (χ4n) is 1.48. The molecule has 0 saturated carbocycles. The van der Waals surface area contributed by atoms with Crippen molar-refractivity contribution < 1.29 is 18.4 Å². The average Bonchev–Trinajstić information content (AvgIpc) is 2.27. The molecule has 1 atom stereocenters. The van der Waals surface area contributed by atoms with Crippen LogP contribution in [0.1, 0.15) is 18.9 Å². The van der Waals surface area contributed by atoms with Gasteiger partial charge in [0.1, 0.15) is 5.84 Å². The van der Waals surface area contributed by atoms with Crippen molar-refractivity contribution in [1.29, 1.82) is 0 Å². The molecule has 100 valence electrons. The molecule has 0 aliphatic rings. The Hall–Kier alpha value is -1.92. The SMILES string of the molecule is CC(CC(N)=NO)Nc1cccc(C(F)(F)F)c1. The molecular formula is C11H14F3N3O. The first-order chi connectivity index (χ1) is 8.32. The summed E-state index contributed by atoms with van der Waals surface area (Å²) in [6, 6.07) is 4.62. The summed E-state index contributed by atoms with van der Waals surface area (Å²) in [6.07, 6.45) is -4.14. The van der Waals surface area contributed by atoms with Crippen molar-refractivity contribution in [2.24, 2.45) is 10.9 Å². The monoisotopic (exact) mass is 261 g/mol. The largest absolute Gasteiger partial charge is 0.416 e. The Labute approximate surface area is 102 Å². The number of anilines is 1. The van der Waals surface area contributed by atoms with E-state index in [1.54, 1.807) is 6.92 Å². The molecule has 1 unspecified atom stereocenters. The summed E-state index contributed by atoms with van der Waals surface area (Å²) >= 11 is 0. The fraction of sp³-hybridized carbons (Fsp3) is 0.364. The molecular weight excluding hydrogens is 247 g/mol. The average molecular weight is 261 g/mol. The van der Waals surface area contributed by atoms with E-state index in [2.05, 4.69) is 10.5 Å². The molecule has 7 heteroatoms. The highest BCUT2D eigenvalue weighted by Gasteiger charge is 2.30. The van der Waals surface area contributed by atoms with Crippen LogP contribution in [0.3, 0.4) is 0 Å². The number of amidine groups is 1. The third kappa shape index (κ3) is 4.15. The van der Waals surface area contributed by atoms with E-state index in [0.29, 0.717) is 5.69 Å². The van der Waals surface area contributed by atoms with Crippen molar-refractivity contribution in [2.75, 3.05) is 5.32 Å². The number of nitrogens with zero attached hydrogens (tertiary/aromatic N) is 1. The van der Waals surface area contributed by atoms with E-state index in [0.717, 1.165) is 12.1 Å². The number of nitrogens with two attached hydrogens (primary N) is 1. The fourth-order valence-corrected chi connectivity index (χ4v) is 1.48. The first-order valence-corrected chi connectivity index (χ1v) is 5.23. The minimum Gasteiger partial charge on any atom is -0.409 e. The number of benzene rings is 1. The maximum atomic E-state index is 12.5. The van der Waals surface area contributed by atoms with Gasteiger partial charge in [0.2, 0.25) is 0 Å². The van der Waals surface area contributed by atoms with Gasteiger partial charge in [-0.3, -0.25) is 0 Å². The van der Waals surface area contributed by atoms with Crippen LogP contribution >= 0.6 is 0 Å². The molecule has 0 radical (unpaired) electrons. The van der Waals surface area contributed by atoms with E-state index in [1.807, 2.05) is 0 Å². The second-order valence-electron chi connectivity index (χ2n) is 3.92. The summed E-state index contributed by atoms with van der Waals surface area (Å²) in [6.45, 7) is 1.72. The lowest BCUT2D eigenvalue weighted by Crippen LogP contribution is -2.24. The van der Waals surface area contributed by atoms with E-state index in [4.69, 9.17) is 10.9 Å². The molecule has 4 nitrogen and oxygen atoms in total. The smallest absolute Gasteiger partial charge is 0.409 e. The molecule has 1 rings (SSSR count). The van der Waals surface area contributed by atoms with Gasteiger partial charge in [0.25, 0.3) is 0 Å². The van der Waals surface area contributed by atoms with Crippen LogP contribution in [-0.4, -0.2) is 17.1 Å². The molecule has 0 aliphatic carbocycles. The van der Waals surface area contributed by atoms with Crippen molar-refractivity contribution >= 4 is 11.5 Å². The molecule has 0 amide bonds. The van der Waals surface area contributed by atoms with Crippen LogP contribution in [0.25, 0.3) is 0 Å². The van der Waals surface area contributed by atoms with E-state index in [9.17, 15) is 13.2 Å². The zero-order valence-corrected chi connectivity index (χ0v) is 9.70. The zero-order chi connectivity index (χ0) is 13.8. The van der Waals surface area contributed by atoms with Gasteiger partial charge in [-0.1, -0.05) is 11.2 Å².